The number of likely N-dealkylation sites (tertiary alicyclic amines) is 1. The van der Waals surface area contributed by atoms with Crippen molar-refractivity contribution in [3.05, 3.63) is 33.3 Å². The van der Waals surface area contributed by atoms with Crippen molar-refractivity contribution in [2.75, 3.05) is 20.2 Å². The molecule has 17 heavy (non-hydrogen) atoms. The number of halogens is 2. The molecule has 1 unspecified atom stereocenters. The minimum absolute atomic E-state index is 0.000995. The number of nitrogens with zero attached hydrogens (tertiary/aromatic N) is 1. The Bertz CT molecular complexity index is 439. The standard InChI is InChI=1S/C12H13BrClNO2/c1-17-9-4-5-15(7-9)12(16)10-6-8(14)2-3-11(10)13/h2-3,6,9H,4-5,7H2,1H3. The molecule has 1 saturated heterocycles. The highest BCUT2D eigenvalue weighted by Gasteiger charge is 2.27. The lowest BCUT2D eigenvalue weighted by atomic mass is 10.2. The van der Waals surface area contributed by atoms with Gasteiger partial charge in [0.25, 0.3) is 5.91 Å². The molecule has 3 nitrogen and oxygen atoms in total. The van der Waals surface area contributed by atoms with Gasteiger partial charge in [0, 0.05) is 29.7 Å². The predicted molar refractivity (Wildman–Crippen MR) is 70.5 cm³/mol. The van der Waals surface area contributed by atoms with Crippen molar-refractivity contribution in [1.29, 1.82) is 0 Å². The van der Waals surface area contributed by atoms with Crippen LogP contribution in [0.25, 0.3) is 0 Å². The van der Waals surface area contributed by atoms with E-state index in [9.17, 15) is 4.79 Å². The topological polar surface area (TPSA) is 29.5 Å². The lowest BCUT2D eigenvalue weighted by Gasteiger charge is -2.17. The van der Waals surface area contributed by atoms with Crippen LogP contribution in [-0.4, -0.2) is 37.1 Å². The summed E-state index contributed by atoms with van der Waals surface area (Å²) in [5.74, 6) is -0.000995. The number of rotatable bonds is 2. The summed E-state index contributed by atoms with van der Waals surface area (Å²) in [6.07, 6.45) is 1.04. The summed E-state index contributed by atoms with van der Waals surface area (Å²) in [5, 5.41) is 0.569. The number of hydrogen-bond donors (Lipinski definition) is 0. The fourth-order valence-electron chi connectivity index (χ4n) is 1.94. The van der Waals surface area contributed by atoms with Crippen LogP contribution in [0, 0.1) is 0 Å². The molecule has 1 aromatic rings. The molecule has 5 heteroatoms. The van der Waals surface area contributed by atoms with Crippen LogP contribution in [0.2, 0.25) is 5.02 Å². The van der Waals surface area contributed by atoms with Crippen molar-refractivity contribution in [3.63, 3.8) is 0 Å². The van der Waals surface area contributed by atoms with Crippen LogP contribution in [0.3, 0.4) is 0 Å². The number of carbonyl (C=O) groups excluding carboxylic acids is 1. The van der Waals surface area contributed by atoms with Gasteiger partial charge in [-0.15, -0.1) is 0 Å². The Kier molecular flexibility index (Phi) is 4.07. The number of methoxy groups -OCH3 is 1. The summed E-state index contributed by atoms with van der Waals surface area (Å²) in [4.78, 5) is 14.1. The highest BCUT2D eigenvalue weighted by atomic mass is 79.9. The van der Waals surface area contributed by atoms with Gasteiger partial charge in [-0.05, 0) is 40.5 Å². The second-order valence-corrected chi connectivity index (χ2v) is 5.31. The first-order valence-electron chi connectivity index (χ1n) is 5.39. The first-order chi connectivity index (χ1) is 8.11. The normalized spacial score (nSPS) is 19.7. The van der Waals surface area contributed by atoms with Gasteiger partial charge in [-0.3, -0.25) is 4.79 Å². The van der Waals surface area contributed by atoms with Gasteiger partial charge in [0.2, 0.25) is 0 Å². The van der Waals surface area contributed by atoms with Gasteiger partial charge in [-0.25, -0.2) is 0 Å². The first-order valence-corrected chi connectivity index (χ1v) is 6.56. The molecule has 0 bridgehead atoms. The summed E-state index contributed by atoms with van der Waals surface area (Å²) in [6.45, 7) is 1.38. The summed E-state index contributed by atoms with van der Waals surface area (Å²) < 4.78 is 6.02. The Labute approximate surface area is 114 Å². The van der Waals surface area contributed by atoms with Gasteiger partial charge in [0.1, 0.15) is 0 Å². The molecule has 1 amide bonds. The van der Waals surface area contributed by atoms with Crippen LogP contribution in [0.15, 0.2) is 22.7 Å². The molecule has 1 fully saturated rings. The largest absolute Gasteiger partial charge is 0.380 e. The molecule has 2 rings (SSSR count). The van der Waals surface area contributed by atoms with Gasteiger partial charge in [0.05, 0.1) is 11.7 Å². The summed E-state index contributed by atoms with van der Waals surface area (Å²) in [6, 6.07) is 5.23. The molecule has 0 N–H and O–H groups in total. The Morgan fingerprint density at radius 1 is 1.59 bits per heavy atom. The van der Waals surface area contributed by atoms with E-state index >= 15 is 0 Å². The lowest BCUT2D eigenvalue weighted by molar-refractivity contribution is 0.0723. The molecule has 1 aliphatic heterocycles. The van der Waals surface area contributed by atoms with Crippen LogP contribution in [-0.2, 0) is 4.74 Å². The smallest absolute Gasteiger partial charge is 0.255 e. The van der Waals surface area contributed by atoms with Gasteiger partial charge < -0.3 is 9.64 Å². The fraction of sp³-hybridized carbons (Fsp3) is 0.417. The van der Waals surface area contributed by atoms with Crippen molar-refractivity contribution in [2.45, 2.75) is 12.5 Å². The van der Waals surface area contributed by atoms with Crippen molar-refractivity contribution in [2.24, 2.45) is 0 Å². The van der Waals surface area contributed by atoms with E-state index in [2.05, 4.69) is 15.9 Å². The zero-order valence-corrected chi connectivity index (χ0v) is 11.8. The van der Waals surface area contributed by atoms with Crippen molar-refractivity contribution >= 4 is 33.4 Å². The maximum Gasteiger partial charge on any atom is 0.255 e. The molecule has 0 radical (unpaired) electrons. The number of benzene rings is 1. The van der Waals surface area contributed by atoms with Crippen LogP contribution in [0.5, 0.6) is 0 Å². The zero-order chi connectivity index (χ0) is 12.4. The Morgan fingerprint density at radius 2 is 2.35 bits per heavy atom. The second-order valence-electron chi connectivity index (χ2n) is 4.02. The van der Waals surface area contributed by atoms with E-state index in [-0.39, 0.29) is 12.0 Å². The Morgan fingerprint density at radius 3 is 3.00 bits per heavy atom. The van der Waals surface area contributed by atoms with Gasteiger partial charge in [-0.2, -0.15) is 0 Å². The average molecular weight is 319 g/mol. The fourth-order valence-corrected chi connectivity index (χ4v) is 2.53. The molecule has 0 aliphatic carbocycles. The summed E-state index contributed by atoms with van der Waals surface area (Å²) in [5.41, 5.74) is 0.606. The predicted octanol–water partition coefficient (Wildman–Crippen LogP) is 2.96. The third kappa shape index (κ3) is 2.81. The Balaban J connectivity index is 2.17. The zero-order valence-electron chi connectivity index (χ0n) is 9.45. The first kappa shape index (κ1) is 12.9. The van der Waals surface area contributed by atoms with E-state index in [1.54, 1.807) is 30.2 Å². The third-order valence-corrected chi connectivity index (χ3v) is 3.85. The second kappa shape index (κ2) is 5.38. The van der Waals surface area contributed by atoms with E-state index in [0.717, 1.165) is 17.4 Å². The van der Waals surface area contributed by atoms with E-state index in [4.69, 9.17) is 16.3 Å². The molecule has 0 saturated carbocycles. The van der Waals surface area contributed by atoms with Crippen LogP contribution >= 0.6 is 27.5 Å². The molecule has 0 spiro atoms. The van der Waals surface area contributed by atoms with Crippen molar-refractivity contribution in [3.8, 4) is 0 Å². The molecule has 1 aliphatic rings. The molecule has 1 atom stereocenters. The molecule has 92 valence electrons. The quantitative estimate of drug-likeness (QED) is 0.839. The highest BCUT2D eigenvalue weighted by Crippen LogP contribution is 2.24. The maximum atomic E-state index is 12.3. The molecular weight excluding hydrogens is 305 g/mol. The van der Waals surface area contributed by atoms with Crippen molar-refractivity contribution in [1.82, 2.24) is 4.90 Å². The monoisotopic (exact) mass is 317 g/mol. The van der Waals surface area contributed by atoms with Gasteiger partial charge in [-0.1, -0.05) is 11.6 Å². The number of hydrogen-bond acceptors (Lipinski definition) is 2. The summed E-state index contributed by atoms with van der Waals surface area (Å²) in [7, 11) is 1.67. The minimum atomic E-state index is -0.000995. The maximum absolute atomic E-state index is 12.3. The number of carbonyl (C=O) groups is 1. The van der Waals surface area contributed by atoms with E-state index in [1.807, 2.05) is 0 Å². The van der Waals surface area contributed by atoms with Crippen LogP contribution < -0.4 is 0 Å². The average Bonchev–Trinajstić information content (AvgIpc) is 2.80. The van der Waals surface area contributed by atoms with E-state index in [1.165, 1.54) is 0 Å². The highest BCUT2D eigenvalue weighted by molar-refractivity contribution is 9.10. The molecule has 1 heterocycles. The SMILES string of the molecule is COC1CCN(C(=O)c2cc(Cl)ccc2Br)C1. The minimum Gasteiger partial charge on any atom is -0.380 e. The van der Waals surface area contributed by atoms with Gasteiger partial charge >= 0.3 is 0 Å². The van der Waals surface area contributed by atoms with Gasteiger partial charge in [0.15, 0.2) is 0 Å². The molecule has 1 aromatic carbocycles. The number of amides is 1. The van der Waals surface area contributed by atoms with Crippen molar-refractivity contribution < 1.29 is 9.53 Å². The van der Waals surface area contributed by atoms with Crippen LogP contribution in [0.4, 0.5) is 0 Å². The number of ether oxygens (including phenoxy) is 1. The third-order valence-electron chi connectivity index (χ3n) is 2.92. The van der Waals surface area contributed by atoms with E-state index in [0.29, 0.717) is 17.1 Å². The van der Waals surface area contributed by atoms with Crippen LogP contribution in [0.1, 0.15) is 16.8 Å². The molecule has 0 aromatic heterocycles. The van der Waals surface area contributed by atoms with E-state index < -0.39 is 0 Å². The Hall–Kier alpha value is -0.580. The summed E-state index contributed by atoms with van der Waals surface area (Å²) >= 11 is 9.28. The lowest BCUT2D eigenvalue weighted by Crippen LogP contribution is -2.30. The molecular formula is C12H13BrClNO2.